The summed E-state index contributed by atoms with van der Waals surface area (Å²) in [5, 5.41) is 13.7. The monoisotopic (exact) mass is 360 g/mol. The second-order valence-electron chi connectivity index (χ2n) is 6.60. The minimum atomic E-state index is -0.887. The van der Waals surface area contributed by atoms with Crippen molar-refractivity contribution in [2.75, 3.05) is 19.7 Å². The van der Waals surface area contributed by atoms with Gasteiger partial charge in [-0.2, -0.15) is 0 Å². The van der Waals surface area contributed by atoms with Crippen molar-refractivity contribution in [1.29, 1.82) is 0 Å². The molecular formula is C19H24N2O3S. The number of aryl methyl sites for hydroxylation is 1. The lowest BCUT2D eigenvalue weighted by Crippen LogP contribution is -2.38. The molecule has 2 aromatic rings. The lowest BCUT2D eigenvalue weighted by Gasteiger charge is -2.27. The number of aliphatic hydroxyl groups is 1. The molecule has 0 bridgehead atoms. The number of para-hydroxylation sites is 1. The van der Waals surface area contributed by atoms with Gasteiger partial charge in [-0.3, -0.25) is 4.79 Å². The zero-order valence-electron chi connectivity index (χ0n) is 14.5. The van der Waals surface area contributed by atoms with Crippen LogP contribution in [0.2, 0.25) is 0 Å². The molecule has 5 nitrogen and oxygen atoms in total. The summed E-state index contributed by atoms with van der Waals surface area (Å²) in [6, 6.07) is 9.51. The molecule has 1 aromatic carbocycles. The molecule has 0 spiro atoms. The Morgan fingerprint density at radius 2 is 2.12 bits per heavy atom. The van der Waals surface area contributed by atoms with Crippen molar-refractivity contribution in [2.45, 2.75) is 38.2 Å². The fourth-order valence-corrected chi connectivity index (χ4v) is 3.68. The maximum absolute atomic E-state index is 12.5. The standard InChI is InChI=1S/C19H24N2O3S/c1-15-20-16(13-25-15)12-18(22)21-10-5-8-19(23,9-11-21)14-24-17-6-3-2-4-7-17/h2-4,6-7,13,23H,5,8-12,14H2,1H3. The number of likely N-dealkylation sites (tertiary alicyclic amines) is 1. The number of carbonyl (C=O) groups excluding carboxylic acids is 1. The predicted molar refractivity (Wildman–Crippen MR) is 97.9 cm³/mol. The number of benzene rings is 1. The molecule has 1 aliphatic rings. The van der Waals surface area contributed by atoms with Crippen LogP contribution in [-0.4, -0.2) is 46.2 Å². The van der Waals surface area contributed by atoms with Gasteiger partial charge in [0.2, 0.25) is 5.91 Å². The molecule has 1 amide bonds. The van der Waals surface area contributed by atoms with Crippen LogP contribution in [-0.2, 0) is 11.2 Å². The van der Waals surface area contributed by atoms with Gasteiger partial charge in [0.15, 0.2) is 0 Å². The van der Waals surface area contributed by atoms with Gasteiger partial charge in [-0.05, 0) is 38.3 Å². The van der Waals surface area contributed by atoms with Crippen LogP contribution in [0.4, 0.5) is 0 Å². The number of ether oxygens (including phenoxy) is 1. The van der Waals surface area contributed by atoms with Gasteiger partial charge in [0, 0.05) is 18.5 Å². The van der Waals surface area contributed by atoms with Crippen molar-refractivity contribution < 1.29 is 14.6 Å². The fourth-order valence-electron chi connectivity index (χ4n) is 3.06. The quantitative estimate of drug-likeness (QED) is 0.891. The van der Waals surface area contributed by atoms with Crippen molar-refractivity contribution in [3.8, 4) is 5.75 Å². The van der Waals surface area contributed by atoms with Gasteiger partial charge >= 0.3 is 0 Å². The van der Waals surface area contributed by atoms with E-state index in [1.54, 1.807) is 11.3 Å². The SMILES string of the molecule is Cc1nc(CC(=O)N2CCCC(O)(COc3ccccc3)CC2)cs1. The number of hydrogen-bond donors (Lipinski definition) is 1. The first-order valence-electron chi connectivity index (χ1n) is 8.63. The van der Waals surface area contributed by atoms with Gasteiger partial charge in [-0.15, -0.1) is 11.3 Å². The molecule has 1 N–H and O–H groups in total. The molecule has 1 saturated heterocycles. The fraction of sp³-hybridized carbons (Fsp3) is 0.474. The zero-order chi connectivity index (χ0) is 17.7. The van der Waals surface area contributed by atoms with Crippen molar-refractivity contribution in [3.63, 3.8) is 0 Å². The molecule has 1 unspecified atom stereocenters. The second-order valence-corrected chi connectivity index (χ2v) is 7.66. The molecule has 0 radical (unpaired) electrons. The number of thiazole rings is 1. The van der Waals surface area contributed by atoms with Crippen molar-refractivity contribution >= 4 is 17.2 Å². The normalized spacial score (nSPS) is 21.0. The zero-order valence-corrected chi connectivity index (χ0v) is 15.3. The van der Waals surface area contributed by atoms with Crippen LogP contribution in [0.3, 0.4) is 0 Å². The van der Waals surface area contributed by atoms with E-state index in [2.05, 4.69) is 4.98 Å². The molecule has 1 aromatic heterocycles. The molecule has 1 aliphatic heterocycles. The van der Waals surface area contributed by atoms with E-state index in [0.29, 0.717) is 32.4 Å². The van der Waals surface area contributed by atoms with E-state index >= 15 is 0 Å². The summed E-state index contributed by atoms with van der Waals surface area (Å²) in [6.07, 6.45) is 2.28. The Labute approximate surface area is 152 Å². The van der Waals surface area contributed by atoms with Crippen LogP contribution in [0.5, 0.6) is 5.75 Å². The van der Waals surface area contributed by atoms with Gasteiger partial charge < -0.3 is 14.7 Å². The third-order valence-corrected chi connectivity index (χ3v) is 5.34. The summed E-state index contributed by atoms with van der Waals surface area (Å²) < 4.78 is 5.74. The molecule has 0 aliphatic carbocycles. The van der Waals surface area contributed by atoms with E-state index in [4.69, 9.17) is 4.74 Å². The number of rotatable bonds is 5. The van der Waals surface area contributed by atoms with Crippen molar-refractivity contribution in [3.05, 3.63) is 46.4 Å². The highest BCUT2D eigenvalue weighted by Gasteiger charge is 2.32. The highest BCUT2D eigenvalue weighted by atomic mass is 32.1. The van der Waals surface area contributed by atoms with E-state index in [-0.39, 0.29) is 12.5 Å². The average Bonchev–Trinajstić information content (AvgIpc) is 2.90. The van der Waals surface area contributed by atoms with E-state index in [9.17, 15) is 9.90 Å². The topological polar surface area (TPSA) is 62.7 Å². The van der Waals surface area contributed by atoms with E-state index < -0.39 is 5.60 Å². The van der Waals surface area contributed by atoms with E-state index in [0.717, 1.165) is 22.9 Å². The lowest BCUT2D eigenvalue weighted by molar-refractivity contribution is -0.130. The number of aromatic nitrogens is 1. The van der Waals surface area contributed by atoms with Crippen LogP contribution in [0.15, 0.2) is 35.7 Å². The van der Waals surface area contributed by atoms with Crippen molar-refractivity contribution in [1.82, 2.24) is 9.88 Å². The lowest BCUT2D eigenvalue weighted by atomic mass is 9.96. The van der Waals surface area contributed by atoms with E-state index in [1.165, 1.54) is 0 Å². The molecule has 3 rings (SSSR count). The maximum atomic E-state index is 12.5. The summed E-state index contributed by atoms with van der Waals surface area (Å²) in [5.41, 5.74) is -0.0540. The van der Waals surface area contributed by atoms with Gasteiger partial charge in [0.25, 0.3) is 0 Å². The number of amides is 1. The van der Waals surface area contributed by atoms with Crippen LogP contribution >= 0.6 is 11.3 Å². The Bertz CT molecular complexity index is 704. The molecule has 1 fully saturated rings. The minimum Gasteiger partial charge on any atom is -0.491 e. The Kier molecular flexibility index (Phi) is 5.71. The maximum Gasteiger partial charge on any atom is 0.228 e. The van der Waals surface area contributed by atoms with Gasteiger partial charge in [-0.25, -0.2) is 4.98 Å². The molecule has 25 heavy (non-hydrogen) atoms. The Balaban J connectivity index is 1.53. The number of hydrogen-bond acceptors (Lipinski definition) is 5. The van der Waals surface area contributed by atoms with Crippen LogP contribution in [0.1, 0.15) is 30.0 Å². The van der Waals surface area contributed by atoms with Gasteiger partial charge in [0.05, 0.1) is 17.1 Å². The molecule has 0 saturated carbocycles. The average molecular weight is 360 g/mol. The van der Waals surface area contributed by atoms with Crippen LogP contribution in [0.25, 0.3) is 0 Å². The molecule has 6 heteroatoms. The predicted octanol–water partition coefficient (Wildman–Crippen LogP) is 2.82. The highest BCUT2D eigenvalue weighted by molar-refractivity contribution is 7.09. The minimum absolute atomic E-state index is 0.0820. The van der Waals surface area contributed by atoms with Crippen molar-refractivity contribution in [2.24, 2.45) is 0 Å². The molecule has 134 valence electrons. The summed E-state index contributed by atoms with van der Waals surface area (Å²) in [6.45, 7) is 3.42. The summed E-state index contributed by atoms with van der Waals surface area (Å²) in [5.74, 6) is 0.838. The molecule has 1 atom stereocenters. The van der Waals surface area contributed by atoms with E-state index in [1.807, 2.05) is 47.5 Å². The Hall–Kier alpha value is -1.92. The first-order chi connectivity index (χ1) is 12.0. The van der Waals surface area contributed by atoms with Gasteiger partial charge in [0.1, 0.15) is 18.0 Å². The number of nitrogens with zero attached hydrogens (tertiary/aromatic N) is 2. The van der Waals surface area contributed by atoms with Crippen LogP contribution in [0, 0.1) is 6.92 Å². The first-order valence-corrected chi connectivity index (χ1v) is 9.51. The Morgan fingerprint density at radius 3 is 2.84 bits per heavy atom. The Morgan fingerprint density at radius 1 is 1.32 bits per heavy atom. The van der Waals surface area contributed by atoms with Crippen LogP contribution < -0.4 is 4.74 Å². The summed E-state index contributed by atoms with van der Waals surface area (Å²) in [7, 11) is 0. The molecular weight excluding hydrogens is 336 g/mol. The largest absolute Gasteiger partial charge is 0.491 e. The number of carbonyl (C=O) groups is 1. The third-order valence-electron chi connectivity index (χ3n) is 4.52. The third kappa shape index (κ3) is 5.03. The van der Waals surface area contributed by atoms with Gasteiger partial charge in [-0.1, -0.05) is 18.2 Å². The second kappa shape index (κ2) is 7.97. The summed E-state index contributed by atoms with van der Waals surface area (Å²) >= 11 is 1.56. The molecule has 2 heterocycles. The summed E-state index contributed by atoms with van der Waals surface area (Å²) in [4.78, 5) is 18.7. The highest BCUT2D eigenvalue weighted by Crippen LogP contribution is 2.24. The first kappa shape index (κ1) is 17.9. The smallest absolute Gasteiger partial charge is 0.228 e.